The largest absolute Gasteiger partial charge is 0.322 e. The Morgan fingerprint density at radius 1 is 0.923 bits per heavy atom. The molecule has 0 aliphatic carbocycles. The number of hydrogen-bond acceptors (Lipinski definition) is 2. The third-order valence-electron chi connectivity index (χ3n) is 7.58. The zero-order valence-corrected chi connectivity index (χ0v) is 22.8. The van der Waals surface area contributed by atoms with Crippen LogP contribution in [-0.2, 0) is 13.0 Å². The molecule has 3 heterocycles. The Bertz CT molecular complexity index is 1650. The fraction of sp³-hybridized carbons (Fsp3) is 0.212. The Labute approximate surface area is 229 Å². The minimum absolute atomic E-state index is 0.136. The maximum atomic E-state index is 14.2. The fourth-order valence-corrected chi connectivity index (χ4v) is 5.59. The van der Waals surface area contributed by atoms with Crippen LogP contribution in [0, 0.1) is 20.8 Å². The summed E-state index contributed by atoms with van der Waals surface area (Å²) in [7, 11) is 0. The van der Waals surface area contributed by atoms with Crippen LogP contribution in [0.4, 0.5) is 10.5 Å². The van der Waals surface area contributed by atoms with Crippen LogP contribution in [0.3, 0.4) is 0 Å². The molecule has 0 radical (unpaired) electrons. The Morgan fingerprint density at radius 2 is 1.67 bits per heavy atom. The molecule has 3 aromatic carbocycles. The van der Waals surface area contributed by atoms with Crippen molar-refractivity contribution >= 4 is 11.7 Å². The van der Waals surface area contributed by atoms with Crippen molar-refractivity contribution in [2.24, 2.45) is 0 Å². The van der Waals surface area contributed by atoms with Gasteiger partial charge in [0.2, 0.25) is 0 Å². The molecule has 6 heteroatoms. The van der Waals surface area contributed by atoms with Crippen molar-refractivity contribution in [3.05, 3.63) is 130 Å². The summed E-state index contributed by atoms with van der Waals surface area (Å²) >= 11 is 0. The zero-order valence-electron chi connectivity index (χ0n) is 22.8. The van der Waals surface area contributed by atoms with Crippen LogP contribution in [0.5, 0.6) is 0 Å². The molecule has 1 atom stereocenters. The number of nitrogens with one attached hydrogen (secondary N) is 1. The Morgan fingerprint density at radius 3 is 2.38 bits per heavy atom. The van der Waals surface area contributed by atoms with Gasteiger partial charge in [0.1, 0.15) is 5.82 Å². The van der Waals surface area contributed by atoms with Gasteiger partial charge in [-0.1, -0.05) is 72.6 Å². The van der Waals surface area contributed by atoms with Gasteiger partial charge in [-0.25, -0.2) is 9.48 Å². The summed E-state index contributed by atoms with van der Waals surface area (Å²) in [5.74, 6) is 0.983. The molecule has 196 valence electrons. The highest BCUT2D eigenvalue weighted by Gasteiger charge is 2.36. The maximum absolute atomic E-state index is 14.2. The number of hydrogen-bond donors (Lipinski definition) is 1. The van der Waals surface area contributed by atoms with Crippen LogP contribution in [0.1, 0.15) is 52.2 Å². The molecule has 0 unspecified atom stereocenters. The molecule has 0 spiro atoms. The lowest BCUT2D eigenvalue weighted by Crippen LogP contribution is -2.38. The van der Waals surface area contributed by atoms with Crippen LogP contribution in [0.2, 0.25) is 0 Å². The minimum Gasteiger partial charge on any atom is -0.308 e. The number of rotatable bonds is 4. The van der Waals surface area contributed by atoms with E-state index in [1.807, 2.05) is 46.8 Å². The Kier molecular flexibility index (Phi) is 6.31. The molecule has 2 aromatic heterocycles. The van der Waals surface area contributed by atoms with Gasteiger partial charge in [-0.15, -0.1) is 0 Å². The number of nitrogens with zero attached hydrogens (tertiary/aromatic N) is 4. The summed E-state index contributed by atoms with van der Waals surface area (Å²) in [5.41, 5.74) is 9.35. The molecule has 1 aliphatic rings. The molecular formula is C33H33N5O. The van der Waals surface area contributed by atoms with Crippen LogP contribution in [-0.4, -0.2) is 25.3 Å². The fourth-order valence-electron chi connectivity index (χ4n) is 5.59. The molecule has 6 nitrogen and oxygen atoms in total. The molecule has 5 aromatic rings. The number of aryl methyl sites for hydroxylation is 4. The summed E-state index contributed by atoms with van der Waals surface area (Å²) in [5, 5.41) is 8.28. The average molecular weight is 516 g/mol. The van der Waals surface area contributed by atoms with Crippen molar-refractivity contribution in [1.82, 2.24) is 19.2 Å². The SMILES string of the molecule is CCc1nn(-c2ccccc2)c2c1CN(C(=O)Nc1ccc(C)cc1C)[C@H](c1ccc(C)cc1)c1cccn1-2. The monoisotopic (exact) mass is 515 g/mol. The minimum atomic E-state index is -0.285. The van der Waals surface area contributed by atoms with Crippen molar-refractivity contribution in [1.29, 1.82) is 0 Å². The van der Waals surface area contributed by atoms with Gasteiger partial charge in [-0.2, -0.15) is 5.10 Å². The molecule has 0 bridgehead atoms. The van der Waals surface area contributed by atoms with Crippen molar-refractivity contribution in [3.63, 3.8) is 0 Å². The van der Waals surface area contributed by atoms with Crippen molar-refractivity contribution in [2.75, 3.05) is 5.32 Å². The molecule has 0 fully saturated rings. The lowest BCUT2D eigenvalue weighted by atomic mass is 10.0. The van der Waals surface area contributed by atoms with E-state index in [0.29, 0.717) is 6.54 Å². The maximum Gasteiger partial charge on any atom is 0.322 e. The van der Waals surface area contributed by atoms with E-state index >= 15 is 0 Å². The van der Waals surface area contributed by atoms with Crippen LogP contribution < -0.4 is 5.32 Å². The van der Waals surface area contributed by atoms with Gasteiger partial charge in [-0.05, 0) is 68.7 Å². The standard InChI is InChI=1S/C33H33N5O/c1-5-28-27-21-37(33(39)34-29-18-15-23(3)20-24(29)4)31(25-16-13-22(2)14-17-25)30-12-9-19-36(30)32(27)38(35-28)26-10-7-6-8-11-26/h6-20,31H,5,21H2,1-4H3,(H,34,39)/t31-/m1/s1. The van der Waals surface area contributed by atoms with E-state index in [2.05, 4.69) is 91.4 Å². The van der Waals surface area contributed by atoms with E-state index in [1.165, 1.54) is 11.1 Å². The van der Waals surface area contributed by atoms with Gasteiger partial charge in [-0.3, -0.25) is 0 Å². The molecule has 39 heavy (non-hydrogen) atoms. The quantitative estimate of drug-likeness (QED) is 0.273. The van der Waals surface area contributed by atoms with Crippen molar-refractivity contribution in [3.8, 4) is 11.5 Å². The van der Waals surface area contributed by atoms with E-state index < -0.39 is 0 Å². The van der Waals surface area contributed by atoms with Crippen LogP contribution >= 0.6 is 0 Å². The van der Waals surface area contributed by atoms with E-state index in [-0.39, 0.29) is 12.1 Å². The molecule has 1 N–H and O–H groups in total. The molecule has 0 saturated carbocycles. The number of anilines is 1. The summed E-state index contributed by atoms with van der Waals surface area (Å²) in [6, 6.07) is 28.6. The van der Waals surface area contributed by atoms with E-state index in [4.69, 9.17) is 5.10 Å². The van der Waals surface area contributed by atoms with Gasteiger partial charge in [0.15, 0.2) is 0 Å². The number of amides is 2. The second kappa shape index (κ2) is 9.95. The second-order valence-corrected chi connectivity index (χ2v) is 10.3. The van der Waals surface area contributed by atoms with E-state index in [9.17, 15) is 4.79 Å². The first kappa shape index (κ1) is 24.7. The number of carbonyl (C=O) groups is 1. The molecule has 0 saturated heterocycles. The number of fused-ring (bicyclic) bond motifs is 3. The highest BCUT2D eigenvalue weighted by Crippen LogP contribution is 2.39. The second-order valence-electron chi connectivity index (χ2n) is 10.3. The lowest BCUT2D eigenvalue weighted by molar-refractivity contribution is 0.194. The third-order valence-corrected chi connectivity index (χ3v) is 7.58. The first-order valence-electron chi connectivity index (χ1n) is 13.5. The van der Waals surface area contributed by atoms with Gasteiger partial charge in [0.05, 0.1) is 29.7 Å². The number of para-hydroxylation sites is 1. The summed E-state index contributed by atoms with van der Waals surface area (Å²) in [4.78, 5) is 16.2. The predicted molar refractivity (Wildman–Crippen MR) is 156 cm³/mol. The normalized spacial score (nSPS) is 14.5. The zero-order chi connectivity index (χ0) is 27.1. The lowest BCUT2D eigenvalue weighted by Gasteiger charge is -2.31. The number of benzene rings is 3. The van der Waals surface area contributed by atoms with Crippen LogP contribution in [0.25, 0.3) is 11.5 Å². The van der Waals surface area contributed by atoms with Crippen molar-refractivity contribution < 1.29 is 4.79 Å². The number of urea groups is 1. The molecular weight excluding hydrogens is 482 g/mol. The molecule has 1 aliphatic heterocycles. The summed E-state index contributed by atoms with van der Waals surface area (Å²) in [6.45, 7) is 8.74. The summed E-state index contributed by atoms with van der Waals surface area (Å²) in [6.07, 6.45) is 2.85. The van der Waals surface area contributed by atoms with Gasteiger partial charge in [0.25, 0.3) is 0 Å². The number of carbonyl (C=O) groups excluding carboxylic acids is 1. The third kappa shape index (κ3) is 4.42. The van der Waals surface area contributed by atoms with Gasteiger partial charge >= 0.3 is 6.03 Å². The van der Waals surface area contributed by atoms with E-state index in [0.717, 1.165) is 51.7 Å². The first-order chi connectivity index (χ1) is 18.9. The van der Waals surface area contributed by atoms with Gasteiger partial charge < -0.3 is 14.8 Å². The Balaban J connectivity index is 1.54. The highest BCUT2D eigenvalue weighted by molar-refractivity contribution is 5.91. The van der Waals surface area contributed by atoms with Gasteiger partial charge in [0, 0.05) is 17.4 Å². The first-order valence-corrected chi connectivity index (χ1v) is 13.5. The topological polar surface area (TPSA) is 55.1 Å². The van der Waals surface area contributed by atoms with E-state index in [1.54, 1.807) is 0 Å². The smallest absolute Gasteiger partial charge is 0.308 e. The van der Waals surface area contributed by atoms with Crippen LogP contribution in [0.15, 0.2) is 91.1 Å². The summed E-state index contributed by atoms with van der Waals surface area (Å²) < 4.78 is 4.23. The predicted octanol–water partition coefficient (Wildman–Crippen LogP) is 7.29. The average Bonchev–Trinajstić information content (AvgIpc) is 3.52. The Hall–Kier alpha value is -4.58. The molecule has 6 rings (SSSR count). The van der Waals surface area contributed by atoms with Crippen molar-refractivity contribution in [2.45, 2.75) is 46.7 Å². The molecule has 2 amide bonds. The number of aromatic nitrogens is 3. The highest BCUT2D eigenvalue weighted by atomic mass is 16.2.